The normalized spacial score (nSPS) is 19.6. The van der Waals surface area contributed by atoms with E-state index >= 15 is 0 Å². The molecule has 3 heterocycles. The summed E-state index contributed by atoms with van der Waals surface area (Å²) in [4.78, 5) is 29.7. The Morgan fingerprint density at radius 2 is 2.00 bits per heavy atom. The lowest BCUT2D eigenvalue weighted by Gasteiger charge is -2.33. The molecule has 0 radical (unpaired) electrons. The van der Waals surface area contributed by atoms with Crippen molar-refractivity contribution in [3.05, 3.63) is 42.6 Å². The van der Waals surface area contributed by atoms with E-state index < -0.39 is 0 Å². The predicted molar refractivity (Wildman–Crippen MR) is 121 cm³/mol. The van der Waals surface area contributed by atoms with E-state index in [0.717, 1.165) is 35.9 Å². The van der Waals surface area contributed by atoms with Crippen LogP contribution in [0.5, 0.6) is 0 Å². The van der Waals surface area contributed by atoms with Crippen LogP contribution in [0.15, 0.2) is 47.6 Å². The molecule has 1 atom stereocenters. The number of para-hydroxylation sites is 2. The summed E-state index contributed by atoms with van der Waals surface area (Å²) in [6.07, 6.45) is 6.79. The first-order valence-electron chi connectivity index (χ1n) is 10.8. The molecule has 0 aliphatic carbocycles. The fourth-order valence-electron chi connectivity index (χ4n) is 4.30. The highest BCUT2D eigenvalue weighted by Gasteiger charge is 2.25. The van der Waals surface area contributed by atoms with Crippen LogP contribution in [0, 0.1) is 0 Å². The highest BCUT2D eigenvalue weighted by molar-refractivity contribution is 7.99. The number of nitrogens with one attached hydrogen (secondary N) is 1. The quantitative estimate of drug-likeness (QED) is 0.720. The van der Waals surface area contributed by atoms with Crippen molar-refractivity contribution in [2.24, 2.45) is 0 Å². The summed E-state index contributed by atoms with van der Waals surface area (Å²) in [5.74, 6) is 0.165. The Labute approximate surface area is 182 Å². The van der Waals surface area contributed by atoms with Crippen molar-refractivity contribution < 1.29 is 9.59 Å². The third-order valence-electron chi connectivity index (χ3n) is 5.97. The zero-order valence-corrected chi connectivity index (χ0v) is 18.4. The minimum atomic E-state index is -0.108. The number of anilines is 1. The lowest BCUT2D eigenvalue weighted by atomic mass is 10.0. The molecule has 0 bridgehead atoms. The Balaban J connectivity index is 1.38. The topological polar surface area (TPSA) is 57.6 Å². The molecule has 0 spiro atoms. The number of rotatable bonds is 6. The van der Waals surface area contributed by atoms with Gasteiger partial charge in [0.1, 0.15) is 6.54 Å². The third-order valence-corrected chi connectivity index (χ3v) is 6.99. The number of thioether (sulfide) groups is 1. The number of likely N-dealkylation sites (tertiary alicyclic amines) is 1. The number of fused-ring (bicyclic) bond motifs is 3. The Bertz CT molecular complexity index is 897. The SMILES string of the molecule is C[C@@H]1CCCCN1CCCNC(=O)CN1C(=O)CSc2cccn2-c2ccccc21. The van der Waals surface area contributed by atoms with Gasteiger partial charge in [0.2, 0.25) is 11.8 Å². The van der Waals surface area contributed by atoms with E-state index in [-0.39, 0.29) is 18.4 Å². The maximum Gasteiger partial charge on any atom is 0.240 e. The van der Waals surface area contributed by atoms with Gasteiger partial charge in [0.15, 0.2) is 0 Å². The first-order chi connectivity index (χ1) is 14.6. The molecule has 30 heavy (non-hydrogen) atoms. The van der Waals surface area contributed by atoms with Crippen molar-refractivity contribution in [2.45, 2.75) is 43.7 Å². The highest BCUT2D eigenvalue weighted by atomic mass is 32.2. The third kappa shape index (κ3) is 4.73. The first kappa shape index (κ1) is 21.0. The van der Waals surface area contributed by atoms with Crippen LogP contribution in [0.4, 0.5) is 5.69 Å². The lowest BCUT2D eigenvalue weighted by molar-refractivity contribution is -0.122. The molecule has 1 aromatic heterocycles. The molecule has 0 unspecified atom stereocenters. The molecule has 1 saturated heterocycles. The van der Waals surface area contributed by atoms with Crippen molar-refractivity contribution in [2.75, 3.05) is 36.8 Å². The number of hydrogen-bond acceptors (Lipinski definition) is 4. The van der Waals surface area contributed by atoms with Crippen LogP contribution in [0.25, 0.3) is 5.69 Å². The summed E-state index contributed by atoms with van der Waals surface area (Å²) in [5.41, 5.74) is 1.70. The fourth-order valence-corrected chi connectivity index (χ4v) is 5.20. The lowest BCUT2D eigenvalue weighted by Crippen LogP contribution is -2.43. The Kier molecular flexibility index (Phi) is 6.79. The van der Waals surface area contributed by atoms with E-state index in [1.165, 1.54) is 31.0 Å². The Hall–Kier alpha value is -2.25. The average Bonchev–Trinajstić information content (AvgIpc) is 3.22. The standard InChI is InChI=1S/C23H30N4O2S/c1-18-8-4-5-13-25(18)14-7-12-24-21(28)16-27-20-10-3-2-9-19(20)26-15-6-11-23(26)30-17-22(27)29/h2-3,6,9-11,15,18H,4-5,7-8,12-14,16-17H2,1H3,(H,24,28)/t18-/m1/s1. The van der Waals surface area contributed by atoms with Crippen LogP contribution < -0.4 is 10.2 Å². The molecule has 2 amide bonds. The zero-order valence-electron chi connectivity index (χ0n) is 17.5. The van der Waals surface area contributed by atoms with E-state index in [1.807, 2.05) is 42.6 Å². The van der Waals surface area contributed by atoms with Gasteiger partial charge >= 0.3 is 0 Å². The zero-order chi connectivity index (χ0) is 20.9. The number of carbonyl (C=O) groups is 2. The molecule has 1 fully saturated rings. The van der Waals surface area contributed by atoms with Crippen molar-refractivity contribution in [1.29, 1.82) is 0 Å². The largest absolute Gasteiger partial charge is 0.355 e. The predicted octanol–water partition coefficient (Wildman–Crippen LogP) is 3.30. The molecule has 4 rings (SSSR count). The van der Waals surface area contributed by atoms with Crippen molar-refractivity contribution in [3.8, 4) is 5.69 Å². The minimum Gasteiger partial charge on any atom is -0.355 e. The van der Waals surface area contributed by atoms with E-state index in [9.17, 15) is 9.59 Å². The molecule has 2 aromatic rings. The molecule has 1 aromatic carbocycles. The highest BCUT2D eigenvalue weighted by Crippen LogP contribution is 2.32. The molecular weight excluding hydrogens is 396 g/mol. The van der Waals surface area contributed by atoms with Gasteiger partial charge in [0.25, 0.3) is 0 Å². The molecule has 7 heteroatoms. The number of hydrogen-bond donors (Lipinski definition) is 1. The molecule has 1 N–H and O–H groups in total. The number of carbonyl (C=O) groups excluding carboxylic acids is 2. The average molecular weight is 427 g/mol. The van der Waals surface area contributed by atoms with E-state index in [0.29, 0.717) is 18.3 Å². The summed E-state index contributed by atoms with van der Waals surface area (Å²) < 4.78 is 2.08. The van der Waals surface area contributed by atoms with Gasteiger partial charge in [0.05, 0.1) is 22.2 Å². The summed E-state index contributed by atoms with van der Waals surface area (Å²) in [6, 6.07) is 12.4. The second-order valence-corrected chi connectivity index (χ2v) is 9.05. The van der Waals surface area contributed by atoms with E-state index in [4.69, 9.17) is 0 Å². The number of amides is 2. The van der Waals surface area contributed by atoms with Gasteiger partial charge < -0.3 is 19.7 Å². The summed E-state index contributed by atoms with van der Waals surface area (Å²) in [5, 5.41) is 4.05. The van der Waals surface area contributed by atoms with E-state index in [2.05, 4.69) is 21.7 Å². The van der Waals surface area contributed by atoms with Crippen LogP contribution in [0.1, 0.15) is 32.6 Å². The maximum absolute atomic E-state index is 12.9. The first-order valence-corrected chi connectivity index (χ1v) is 11.8. The smallest absolute Gasteiger partial charge is 0.240 e. The molecule has 2 aliphatic heterocycles. The second kappa shape index (κ2) is 9.71. The van der Waals surface area contributed by atoms with Crippen molar-refractivity contribution >= 4 is 29.3 Å². The molecular formula is C23H30N4O2S. The van der Waals surface area contributed by atoms with Crippen LogP contribution in [-0.2, 0) is 9.59 Å². The Morgan fingerprint density at radius 1 is 1.17 bits per heavy atom. The summed E-state index contributed by atoms with van der Waals surface area (Å²) in [6.45, 7) is 5.15. The summed E-state index contributed by atoms with van der Waals surface area (Å²) >= 11 is 1.50. The van der Waals surface area contributed by atoms with E-state index in [1.54, 1.807) is 4.90 Å². The number of nitrogens with zero attached hydrogens (tertiary/aromatic N) is 3. The van der Waals surface area contributed by atoms with Gasteiger partial charge in [-0.2, -0.15) is 0 Å². The van der Waals surface area contributed by atoms with Gasteiger partial charge in [-0.25, -0.2) is 0 Å². The van der Waals surface area contributed by atoms with Gasteiger partial charge in [-0.05, 0) is 57.0 Å². The Morgan fingerprint density at radius 3 is 2.83 bits per heavy atom. The number of aromatic nitrogens is 1. The van der Waals surface area contributed by atoms with Crippen molar-refractivity contribution in [3.63, 3.8) is 0 Å². The van der Waals surface area contributed by atoms with Crippen molar-refractivity contribution in [1.82, 2.24) is 14.8 Å². The summed E-state index contributed by atoms with van der Waals surface area (Å²) in [7, 11) is 0. The molecule has 2 aliphatic rings. The van der Waals surface area contributed by atoms with Gasteiger partial charge in [-0.3, -0.25) is 9.59 Å². The van der Waals surface area contributed by atoms with Crippen LogP contribution in [0.2, 0.25) is 0 Å². The van der Waals surface area contributed by atoms with Crippen LogP contribution >= 0.6 is 11.8 Å². The number of benzene rings is 1. The van der Waals surface area contributed by atoms with Gasteiger partial charge in [-0.15, -0.1) is 0 Å². The maximum atomic E-state index is 12.9. The van der Waals surface area contributed by atoms with Gasteiger partial charge in [0, 0.05) is 25.3 Å². The van der Waals surface area contributed by atoms with Crippen LogP contribution in [-0.4, -0.2) is 59.3 Å². The minimum absolute atomic E-state index is 0.0443. The fraction of sp³-hybridized carbons (Fsp3) is 0.478. The molecule has 6 nitrogen and oxygen atoms in total. The number of piperidine rings is 1. The van der Waals surface area contributed by atoms with Crippen LogP contribution in [0.3, 0.4) is 0 Å². The monoisotopic (exact) mass is 426 g/mol. The van der Waals surface area contributed by atoms with Gasteiger partial charge in [-0.1, -0.05) is 30.3 Å². The molecule has 160 valence electrons. The second-order valence-electron chi connectivity index (χ2n) is 8.06. The molecule has 0 saturated carbocycles.